The fraction of sp³-hybridized carbons (Fsp3) is 0.400. The van der Waals surface area contributed by atoms with Gasteiger partial charge in [-0.05, 0) is 24.1 Å². The predicted octanol–water partition coefficient (Wildman–Crippen LogP) is 2.69. The zero-order chi connectivity index (χ0) is 18.1. The average Bonchev–Trinajstić information content (AvgIpc) is 2.67. The van der Waals surface area contributed by atoms with Crippen LogP contribution in [-0.2, 0) is 21.6 Å². The highest BCUT2D eigenvalue weighted by Crippen LogP contribution is 2.42. The van der Waals surface area contributed by atoms with Gasteiger partial charge in [-0.1, -0.05) is 41.9 Å². The minimum atomic E-state index is -0.402. The summed E-state index contributed by atoms with van der Waals surface area (Å²) in [4.78, 5) is 21.0. The summed E-state index contributed by atoms with van der Waals surface area (Å²) in [6.07, 6.45) is 2.45. The molecule has 1 aromatic heterocycles. The molecule has 1 amide bonds. The lowest BCUT2D eigenvalue weighted by molar-refractivity contribution is -0.183. The fourth-order valence-electron chi connectivity index (χ4n) is 4.16. The molecule has 0 unspecified atom stereocenters. The Morgan fingerprint density at radius 1 is 1.27 bits per heavy atom. The minimum absolute atomic E-state index is 0.0397. The lowest BCUT2D eigenvalue weighted by atomic mass is 9.76. The number of likely N-dealkylation sites (N-methyl/N-ethyl adjacent to an activating group) is 1. The van der Waals surface area contributed by atoms with Gasteiger partial charge in [0.15, 0.2) is 0 Å². The molecular weight excluding hydrogens is 350 g/mol. The molecule has 26 heavy (non-hydrogen) atoms. The largest absolute Gasteiger partial charge is 0.364 e. The van der Waals surface area contributed by atoms with Crippen LogP contribution in [0.4, 0.5) is 0 Å². The number of hydrogen-bond donors (Lipinski definition) is 0. The van der Waals surface area contributed by atoms with Gasteiger partial charge in [0.25, 0.3) is 0 Å². The number of pyridine rings is 1. The quantitative estimate of drug-likeness (QED) is 0.832. The lowest BCUT2D eigenvalue weighted by Gasteiger charge is -2.54. The third-order valence-corrected chi connectivity index (χ3v) is 5.82. The van der Waals surface area contributed by atoms with Crippen LogP contribution in [0.5, 0.6) is 0 Å². The van der Waals surface area contributed by atoms with Crippen LogP contribution < -0.4 is 0 Å². The number of carbonyl (C=O) groups excluding carboxylic acids is 1. The second-order valence-corrected chi connectivity index (χ2v) is 7.43. The van der Waals surface area contributed by atoms with Gasteiger partial charge in [-0.2, -0.15) is 0 Å². The van der Waals surface area contributed by atoms with Crippen LogP contribution in [0.2, 0.25) is 5.02 Å². The first-order valence-corrected chi connectivity index (χ1v) is 9.24. The molecule has 0 N–H and O–H groups in total. The molecule has 0 saturated carbocycles. The van der Waals surface area contributed by atoms with E-state index in [0.717, 1.165) is 37.3 Å². The molecule has 1 aromatic carbocycles. The third-order valence-electron chi connectivity index (χ3n) is 5.59. The Hall–Kier alpha value is -1.95. The van der Waals surface area contributed by atoms with Gasteiger partial charge < -0.3 is 9.64 Å². The van der Waals surface area contributed by atoms with Crippen molar-refractivity contribution >= 4 is 17.5 Å². The molecule has 0 radical (unpaired) electrons. The van der Waals surface area contributed by atoms with E-state index in [2.05, 4.69) is 22.0 Å². The topological polar surface area (TPSA) is 45.7 Å². The zero-order valence-corrected chi connectivity index (χ0v) is 15.5. The van der Waals surface area contributed by atoms with E-state index >= 15 is 0 Å². The van der Waals surface area contributed by atoms with Crippen molar-refractivity contribution in [1.29, 1.82) is 0 Å². The molecule has 0 spiro atoms. The number of likely N-dealkylation sites (tertiary alicyclic amines) is 1. The molecule has 0 aliphatic carbocycles. The van der Waals surface area contributed by atoms with Crippen LogP contribution in [-0.4, -0.2) is 53.5 Å². The highest BCUT2D eigenvalue weighted by Gasteiger charge is 2.52. The van der Waals surface area contributed by atoms with Gasteiger partial charge in [0.1, 0.15) is 6.61 Å². The maximum absolute atomic E-state index is 12.4. The summed E-state index contributed by atoms with van der Waals surface area (Å²) in [6.45, 7) is 2.52. The number of amides is 1. The molecule has 2 aliphatic rings. The van der Waals surface area contributed by atoms with E-state index < -0.39 is 5.54 Å². The molecule has 4 rings (SSSR count). The number of rotatable bonds is 3. The van der Waals surface area contributed by atoms with Gasteiger partial charge in [-0.25, -0.2) is 0 Å². The molecule has 0 bridgehead atoms. The van der Waals surface area contributed by atoms with E-state index in [1.165, 1.54) is 0 Å². The number of carbonyl (C=O) groups is 1. The van der Waals surface area contributed by atoms with Gasteiger partial charge in [-0.15, -0.1) is 0 Å². The maximum atomic E-state index is 12.4. The Bertz CT molecular complexity index is 783. The number of fused-ring (bicyclic) bond motifs is 1. The summed E-state index contributed by atoms with van der Waals surface area (Å²) in [7, 11) is 1.90. The molecule has 2 aromatic rings. The van der Waals surface area contributed by atoms with E-state index in [1.54, 1.807) is 6.20 Å². The second kappa shape index (κ2) is 6.99. The molecule has 2 saturated heterocycles. The fourth-order valence-corrected chi connectivity index (χ4v) is 4.27. The normalized spacial score (nSPS) is 26.6. The summed E-state index contributed by atoms with van der Waals surface area (Å²) in [6, 6.07) is 14.1. The minimum Gasteiger partial charge on any atom is -0.364 e. The molecule has 136 valence electrons. The third kappa shape index (κ3) is 3.00. The molecule has 2 atom stereocenters. The lowest BCUT2D eigenvalue weighted by Crippen LogP contribution is -2.66. The standard InChI is InChI=1S/C20H22ClN3O2/c1-23-19(25)14-26-18-13-24(12-17-8-7-16(21)11-22-17)10-9-20(18,23)15-5-3-2-4-6-15/h2-8,11,18H,9-10,12-14H2,1H3/t18-,20+/m1/s1. The molecule has 2 aliphatic heterocycles. The molecule has 3 heterocycles. The molecule has 2 fully saturated rings. The van der Waals surface area contributed by atoms with Gasteiger partial charge in [0.2, 0.25) is 5.91 Å². The predicted molar refractivity (Wildman–Crippen MR) is 99.8 cm³/mol. The van der Waals surface area contributed by atoms with Gasteiger partial charge in [0.05, 0.1) is 22.4 Å². The number of aromatic nitrogens is 1. The van der Waals surface area contributed by atoms with Crippen molar-refractivity contribution in [3.05, 3.63) is 64.9 Å². The van der Waals surface area contributed by atoms with Gasteiger partial charge in [-0.3, -0.25) is 14.7 Å². The van der Waals surface area contributed by atoms with Crippen molar-refractivity contribution in [3.8, 4) is 0 Å². The van der Waals surface area contributed by atoms with Crippen molar-refractivity contribution in [2.24, 2.45) is 0 Å². The van der Waals surface area contributed by atoms with Crippen LogP contribution in [0.15, 0.2) is 48.7 Å². The second-order valence-electron chi connectivity index (χ2n) is 7.00. The van der Waals surface area contributed by atoms with Gasteiger partial charge in [0, 0.05) is 32.9 Å². The number of hydrogen-bond acceptors (Lipinski definition) is 4. The molecular formula is C20H22ClN3O2. The van der Waals surface area contributed by atoms with E-state index in [9.17, 15) is 4.79 Å². The van der Waals surface area contributed by atoms with Crippen LogP contribution in [0.1, 0.15) is 17.7 Å². The Kier molecular flexibility index (Phi) is 4.69. The monoisotopic (exact) mass is 371 g/mol. The van der Waals surface area contributed by atoms with Crippen molar-refractivity contribution in [1.82, 2.24) is 14.8 Å². The summed E-state index contributed by atoms with van der Waals surface area (Å²) in [5.74, 6) is 0.0397. The average molecular weight is 372 g/mol. The number of nitrogens with zero attached hydrogens (tertiary/aromatic N) is 3. The molecule has 6 heteroatoms. The van der Waals surface area contributed by atoms with Gasteiger partial charge >= 0.3 is 0 Å². The van der Waals surface area contributed by atoms with E-state index in [0.29, 0.717) is 5.02 Å². The Balaban J connectivity index is 1.59. The van der Waals surface area contributed by atoms with Crippen LogP contribution in [0, 0.1) is 0 Å². The summed E-state index contributed by atoms with van der Waals surface area (Å²) in [5.41, 5.74) is 1.73. The Morgan fingerprint density at radius 3 is 2.81 bits per heavy atom. The van der Waals surface area contributed by atoms with Crippen molar-refractivity contribution < 1.29 is 9.53 Å². The first-order valence-electron chi connectivity index (χ1n) is 8.86. The Morgan fingerprint density at radius 2 is 2.08 bits per heavy atom. The number of ether oxygens (including phenoxy) is 1. The number of benzene rings is 1. The van der Waals surface area contributed by atoms with E-state index in [-0.39, 0.29) is 18.6 Å². The highest BCUT2D eigenvalue weighted by molar-refractivity contribution is 6.30. The van der Waals surface area contributed by atoms with Crippen molar-refractivity contribution in [2.75, 3.05) is 26.7 Å². The van der Waals surface area contributed by atoms with Crippen LogP contribution in [0.25, 0.3) is 0 Å². The van der Waals surface area contributed by atoms with Crippen molar-refractivity contribution in [2.45, 2.75) is 24.6 Å². The SMILES string of the molecule is CN1C(=O)CO[C@@H]2CN(Cc3ccc(Cl)cn3)CC[C@]21c1ccccc1. The van der Waals surface area contributed by atoms with Crippen LogP contribution in [0.3, 0.4) is 0 Å². The summed E-state index contributed by atoms with van der Waals surface area (Å²) < 4.78 is 6.04. The number of halogens is 1. The van der Waals surface area contributed by atoms with Crippen LogP contribution >= 0.6 is 11.6 Å². The smallest absolute Gasteiger partial charge is 0.249 e. The van der Waals surface area contributed by atoms with Crippen molar-refractivity contribution in [3.63, 3.8) is 0 Å². The number of morpholine rings is 1. The Labute approximate surface area is 158 Å². The first-order chi connectivity index (χ1) is 12.6. The summed E-state index contributed by atoms with van der Waals surface area (Å²) >= 11 is 5.93. The van der Waals surface area contributed by atoms with E-state index in [1.807, 2.05) is 42.3 Å². The zero-order valence-electron chi connectivity index (χ0n) is 14.8. The molecule has 5 nitrogen and oxygen atoms in total. The highest BCUT2D eigenvalue weighted by atomic mass is 35.5. The number of piperidine rings is 1. The summed E-state index contributed by atoms with van der Waals surface area (Å²) in [5, 5.41) is 0.645. The maximum Gasteiger partial charge on any atom is 0.249 e. The first kappa shape index (κ1) is 17.5. The van der Waals surface area contributed by atoms with E-state index in [4.69, 9.17) is 16.3 Å².